The highest BCUT2D eigenvalue weighted by Gasteiger charge is 2.05. The normalized spacial score (nSPS) is 10.7. The maximum Gasteiger partial charge on any atom is 0.165 e. The van der Waals surface area contributed by atoms with Gasteiger partial charge in [-0.1, -0.05) is 29.5 Å². The molecular formula is C15H21N3OS. The number of aryl methyl sites for hydroxylation is 1. The number of hydrogen-bond acceptors (Lipinski definition) is 4. The van der Waals surface area contributed by atoms with Gasteiger partial charge in [-0.15, -0.1) is 0 Å². The van der Waals surface area contributed by atoms with E-state index < -0.39 is 0 Å². The van der Waals surface area contributed by atoms with Gasteiger partial charge in [0.15, 0.2) is 5.16 Å². The van der Waals surface area contributed by atoms with Crippen molar-refractivity contribution in [2.45, 2.75) is 24.8 Å². The van der Waals surface area contributed by atoms with Gasteiger partial charge in [0.25, 0.3) is 0 Å². The van der Waals surface area contributed by atoms with Crippen LogP contribution in [0.4, 0.5) is 5.69 Å². The predicted molar refractivity (Wildman–Crippen MR) is 84.3 cm³/mol. The van der Waals surface area contributed by atoms with Gasteiger partial charge in [-0.3, -0.25) is 0 Å². The Kier molecular flexibility index (Phi) is 5.95. The fourth-order valence-corrected chi connectivity index (χ4v) is 2.71. The molecular weight excluding hydrogens is 270 g/mol. The minimum Gasteiger partial charge on any atom is -0.382 e. The summed E-state index contributed by atoms with van der Waals surface area (Å²) in [5.74, 6) is 0.895. The summed E-state index contributed by atoms with van der Waals surface area (Å²) in [5.41, 5.74) is 3.74. The van der Waals surface area contributed by atoms with Crippen molar-refractivity contribution in [1.82, 2.24) is 9.97 Å². The lowest BCUT2D eigenvalue weighted by atomic mass is 10.1. The van der Waals surface area contributed by atoms with Crippen molar-refractivity contribution in [2.24, 2.45) is 0 Å². The van der Waals surface area contributed by atoms with E-state index >= 15 is 0 Å². The minimum atomic E-state index is 0.731. The van der Waals surface area contributed by atoms with Crippen molar-refractivity contribution in [2.75, 3.05) is 25.1 Å². The molecule has 1 aromatic carbocycles. The molecule has 0 atom stereocenters. The number of nitrogens with zero attached hydrogens (tertiary/aromatic N) is 1. The molecule has 0 radical (unpaired) electrons. The lowest BCUT2D eigenvalue weighted by molar-refractivity contribution is 0.158. The third-order valence-electron chi connectivity index (χ3n) is 2.86. The molecule has 108 valence electrons. The van der Waals surface area contributed by atoms with E-state index in [9.17, 15) is 0 Å². The SMILES string of the molecule is CCOCCNc1ccc(C)cc1CSc1ncc[nH]1. The Bertz CT molecular complexity index is 514. The van der Waals surface area contributed by atoms with Crippen LogP contribution in [0.1, 0.15) is 18.1 Å². The molecule has 0 aliphatic rings. The van der Waals surface area contributed by atoms with Crippen LogP contribution in [0.5, 0.6) is 0 Å². The smallest absolute Gasteiger partial charge is 0.165 e. The molecule has 2 aromatic rings. The number of ether oxygens (including phenoxy) is 1. The molecule has 0 spiro atoms. The number of aromatic nitrogens is 2. The van der Waals surface area contributed by atoms with Gasteiger partial charge in [0.1, 0.15) is 0 Å². The van der Waals surface area contributed by atoms with Crippen LogP contribution in [-0.4, -0.2) is 29.7 Å². The fraction of sp³-hybridized carbons (Fsp3) is 0.400. The average molecular weight is 291 g/mol. The van der Waals surface area contributed by atoms with Crippen molar-refractivity contribution in [3.63, 3.8) is 0 Å². The standard InChI is InChI=1S/C15H21N3OS/c1-3-19-9-8-16-14-5-4-12(2)10-13(14)11-20-15-17-6-7-18-15/h4-7,10,16H,3,8-9,11H2,1-2H3,(H,17,18). The van der Waals surface area contributed by atoms with Crippen molar-refractivity contribution < 1.29 is 4.74 Å². The van der Waals surface area contributed by atoms with E-state index in [1.807, 2.05) is 13.1 Å². The van der Waals surface area contributed by atoms with Gasteiger partial charge in [-0.05, 0) is 25.5 Å². The molecule has 0 aliphatic heterocycles. The second kappa shape index (κ2) is 7.97. The summed E-state index contributed by atoms with van der Waals surface area (Å²) in [4.78, 5) is 7.35. The third kappa shape index (κ3) is 4.58. The van der Waals surface area contributed by atoms with Gasteiger partial charge in [-0.25, -0.2) is 4.98 Å². The Labute approximate surface area is 124 Å². The van der Waals surface area contributed by atoms with Crippen molar-refractivity contribution in [3.05, 3.63) is 41.7 Å². The maximum absolute atomic E-state index is 5.35. The van der Waals surface area contributed by atoms with E-state index in [1.54, 1.807) is 18.0 Å². The molecule has 0 aliphatic carbocycles. The summed E-state index contributed by atoms with van der Waals surface area (Å²) in [6.45, 7) is 6.45. The van der Waals surface area contributed by atoms with Crippen LogP contribution in [0.2, 0.25) is 0 Å². The Morgan fingerprint density at radius 3 is 3.05 bits per heavy atom. The highest BCUT2D eigenvalue weighted by Crippen LogP contribution is 2.25. The largest absolute Gasteiger partial charge is 0.382 e. The Hall–Kier alpha value is -1.46. The van der Waals surface area contributed by atoms with Crippen LogP contribution in [0.15, 0.2) is 35.7 Å². The van der Waals surface area contributed by atoms with E-state index in [4.69, 9.17) is 4.74 Å². The number of rotatable bonds is 8. The van der Waals surface area contributed by atoms with E-state index in [-0.39, 0.29) is 0 Å². The molecule has 1 heterocycles. The summed E-state index contributed by atoms with van der Waals surface area (Å²) in [5, 5.41) is 4.39. The fourth-order valence-electron chi connectivity index (χ4n) is 1.89. The van der Waals surface area contributed by atoms with Gasteiger partial charge in [0, 0.05) is 37.0 Å². The number of H-pyrrole nitrogens is 1. The Balaban J connectivity index is 1.96. The monoisotopic (exact) mass is 291 g/mol. The number of anilines is 1. The van der Waals surface area contributed by atoms with Gasteiger partial charge >= 0.3 is 0 Å². The summed E-state index contributed by atoms with van der Waals surface area (Å²) in [7, 11) is 0. The van der Waals surface area contributed by atoms with E-state index in [2.05, 4.69) is 40.4 Å². The van der Waals surface area contributed by atoms with Gasteiger partial charge < -0.3 is 15.0 Å². The van der Waals surface area contributed by atoms with Crippen LogP contribution < -0.4 is 5.32 Å². The maximum atomic E-state index is 5.35. The average Bonchev–Trinajstić information content (AvgIpc) is 2.96. The number of thioether (sulfide) groups is 1. The number of aromatic amines is 1. The molecule has 0 fully saturated rings. The van der Waals surface area contributed by atoms with Crippen LogP contribution in [0.3, 0.4) is 0 Å². The third-order valence-corrected chi connectivity index (χ3v) is 3.82. The molecule has 0 amide bonds. The number of benzene rings is 1. The first-order valence-electron chi connectivity index (χ1n) is 6.83. The van der Waals surface area contributed by atoms with Gasteiger partial charge in [-0.2, -0.15) is 0 Å². The van der Waals surface area contributed by atoms with Crippen LogP contribution in [0, 0.1) is 6.92 Å². The topological polar surface area (TPSA) is 49.9 Å². The lowest BCUT2D eigenvalue weighted by Gasteiger charge is -2.12. The summed E-state index contributed by atoms with van der Waals surface area (Å²) < 4.78 is 5.35. The van der Waals surface area contributed by atoms with Gasteiger partial charge in [0.2, 0.25) is 0 Å². The van der Waals surface area contributed by atoms with Crippen molar-refractivity contribution >= 4 is 17.4 Å². The lowest BCUT2D eigenvalue weighted by Crippen LogP contribution is -2.10. The second-order valence-electron chi connectivity index (χ2n) is 4.47. The van der Waals surface area contributed by atoms with Gasteiger partial charge in [0.05, 0.1) is 6.61 Å². The van der Waals surface area contributed by atoms with E-state index in [0.717, 1.165) is 30.7 Å². The first-order valence-corrected chi connectivity index (χ1v) is 7.81. The quantitative estimate of drug-likeness (QED) is 0.577. The molecule has 1 aromatic heterocycles. The molecule has 20 heavy (non-hydrogen) atoms. The van der Waals surface area contributed by atoms with Crippen LogP contribution in [-0.2, 0) is 10.5 Å². The first-order chi connectivity index (χ1) is 9.79. The zero-order valence-electron chi connectivity index (χ0n) is 12.0. The van der Waals surface area contributed by atoms with Crippen LogP contribution >= 0.6 is 11.8 Å². The van der Waals surface area contributed by atoms with E-state index in [0.29, 0.717) is 0 Å². The number of nitrogens with one attached hydrogen (secondary N) is 2. The first kappa shape index (κ1) is 14.9. The van der Waals surface area contributed by atoms with E-state index in [1.165, 1.54) is 16.8 Å². The highest BCUT2D eigenvalue weighted by atomic mass is 32.2. The molecule has 2 rings (SSSR count). The molecule has 0 unspecified atom stereocenters. The molecule has 5 heteroatoms. The predicted octanol–water partition coefficient (Wildman–Crippen LogP) is 3.46. The summed E-state index contributed by atoms with van der Waals surface area (Å²) >= 11 is 1.71. The number of hydrogen-bond donors (Lipinski definition) is 2. The van der Waals surface area contributed by atoms with Crippen LogP contribution in [0.25, 0.3) is 0 Å². The summed E-state index contributed by atoms with van der Waals surface area (Å²) in [6.07, 6.45) is 3.62. The molecule has 0 bridgehead atoms. The Morgan fingerprint density at radius 2 is 2.30 bits per heavy atom. The molecule has 0 saturated carbocycles. The zero-order chi connectivity index (χ0) is 14.2. The highest BCUT2D eigenvalue weighted by molar-refractivity contribution is 7.98. The zero-order valence-corrected chi connectivity index (χ0v) is 12.8. The van der Waals surface area contributed by atoms with Crippen molar-refractivity contribution in [3.8, 4) is 0 Å². The minimum absolute atomic E-state index is 0.731. The molecule has 4 nitrogen and oxygen atoms in total. The Morgan fingerprint density at radius 1 is 1.40 bits per heavy atom. The molecule has 2 N–H and O–H groups in total. The number of imidazole rings is 1. The van der Waals surface area contributed by atoms with Crippen molar-refractivity contribution in [1.29, 1.82) is 0 Å². The second-order valence-corrected chi connectivity index (χ2v) is 5.43. The molecule has 0 saturated heterocycles. The summed E-state index contributed by atoms with van der Waals surface area (Å²) in [6, 6.07) is 6.49.